The fourth-order valence-electron chi connectivity index (χ4n) is 6.86. The summed E-state index contributed by atoms with van der Waals surface area (Å²) in [5.74, 6) is -0.276. The van der Waals surface area contributed by atoms with E-state index in [0.29, 0.717) is 43.1 Å². The van der Waals surface area contributed by atoms with Crippen LogP contribution < -0.4 is 20.4 Å². The standard InChI is InChI=1S/C33H33FN4O5/c1-4-35-32(40)23-16-38-25-12-19-8-5-6-9-20(19)13-27(25)43-31-28(38)22(30(23)39)14-24(34)29(31)36-15-21-10-7-11-37(26(21)17-36)33(41)42-18(2)3/h5-6,8-9,12-14,16,18,21,26H,4,7,10-11,15,17H2,1-3H3,(H,35,40). The zero-order valence-corrected chi connectivity index (χ0v) is 24.4. The van der Waals surface area contributed by atoms with Crippen LogP contribution >= 0.6 is 0 Å². The van der Waals surface area contributed by atoms with E-state index in [1.54, 1.807) is 16.4 Å². The molecule has 9 nitrogen and oxygen atoms in total. The number of ether oxygens (including phenoxy) is 2. The fourth-order valence-corrected chi connectivity index (χ4v) is 6.86. The van der Waals surface area contributed by atoms with Gasteiger partial charge in [-0.15, -0.1) is 0 Å². The van der Waals surface area contributed by atoms with Gasteiger partial charge in [0.25, 0.3) is 5.91 Å². The number of hydrogen-bond donors (Lipinski definition) is 1. The predicted molar refractivity (Wildman–Crippen MR) is 162 cm³/mol. The molecule has 10 heteroatoms. The van der Waals surface area contributed by atoms with Crippen LogP contribution in [0.3, 0.4) is 0 Å². The maximum Gasteiger partial charge on any atom is 0.410 e. The number of fused-ring (bicyclic) bond motifs is 4. The summed E-state index contributed by atoms with van der Waals surface area (Å²) in [4.78, 5) is 43.3. The maximum atomic E-state index is 16.3. The van der Waals surface area contributed by atoms with Gasteiger partial charge in [-0.3, -0.25) is 9.59 Å². The number of halogens is 1. The van der Waals surface area contributed by atoms with Crippen molar-refractivity contribution in [2.45, 2.75) is 45.8 Å². The van der Waals surface area contributed by atoms with E-state index < -0.39 is 17.2 Å². The molecule has 0 aliphatic carbocycles. The van der Waals surface area contributed by atoms with Gasteiger partial charge in [0.2, 0.25) is 5.43 Å². The lowest BCUT2D eigenvalue weighted by atomic mass is 9.92. The highest BCUT2D eigenvalue weighted by atomic mass is 19.1. The molecular weight excluding hydrogens is 551 g/mol. The SMILES string of the molecule is CCNC(=O)c1cn2c3c(c(N4CC5CCCN(C(=O)OC(C)C)C5C4)c(F)cc3c1=O)Oc1cc3ccccc3cc1-2. The Balaban J connectivity index is 1.41. The number of carbonyl (C=O) groups excluding carboxylic acids is 2. The summed E-state index contributed by atoms with van der Waals surface area (Å²) >= 11 is 0. The van der Waals surface area contributed by atoms with Crippen molar-refractivity contribution < 1.29 is 23.5 Å². The minimum absolute atomic E-state index is 0.0672. The third kappa shape index (κ3) is 4.38. The zero-order chi connectivity index (χ0) is 30.0. The quantitative estimate of drug-likeness (QED) is 0.296. The highest BCUT2D eigenvalue weighted by molar-refractivity contribution is 6.02. The Labute approximate surface area is 247 Å². The molecule has 4 heterocycles. The van der Waals surface area contributed by atoms with E-state index in [0.717, 1.165) is 23.6 Å². The van der Waals surface area contributed by atoms with E-state index in [9.17, 15) is 14.4 Å². The van der Waals surface area contributed by atoms with Gasteiger partial charge in [-0.1, -0.05) is 24.3 Å². The van der Waals surface area contributed by atoms with Gasteiger partial charge in [-0.05, 0) is 68.5 Å². The van der Waals surface area contributed by atoms with Gasteiger partial charge in [0, 0.05) is 32.4 Å². The molecule has 222 valence electrons. The number of nitrogens with zero attached hydrogens (tertiary/aromatic N) is 3. The van der Waals surface area contributed by atoms with Gasteiger partial charge in [-0.2, -0.15) is 0 Å². The lowest BCUT2D eigenvalue weighted by Gasteiger charge is -2.36. The van der Waals surface area contributed by atoms with Crippen LogP contribution in [0.4, 0.5) is 14.9 Å². The molecule has 43 heavy (non-hydrogen) atoms. The number of amides is 2. The van der Waals surface area contributed by atoms with Crippen LogP contribution in [0, 0.1) is 11.7 Å². The largest absolute Gasteiger partial charge is 0.451 e. The maximum absolute atomic E-state index is 16.3. The summed E-state index contributed by atoms with van der Waals surface area (Å²) in [7, 11) is 0. The molecule has 1 aromatic heterocycles. The van der Waals surface area contributed by atoms with Crippen molar-refractivity contribution in [1.29, 1.82) is 0 Å². The van der Waals surface area contributed by atoms with E-state index in [2.05, 4.69) is 5.32 Å². The highest BCUT2D eigenvalue weighted by Gasteiger charge is 2.44. The van der Waals surface area contributed by atoms with Gasteiger partial charge in [0.1, 0.15) is 16.8 Å². The number of aromatic nitrogens is 1. The topological polar surface area (TPSA) is 93.1 Å². The van der Waals surface area contributed by atoms with Gasteiger partial charge < -0.3 is 29.2 Å². The van der Waals surface area contributed by atoms with E-state index in [-0.39, 0.29) is 46.5 Å². The first-order chi connectivity index (χ1) is 20.7. The van der Waals surface area contributed by atoms with Crippen LogP contribution in [0.2, 0.25) is 0 Å². The molecule has 0 radical (unpaired) electrons. The second kappa shape index (κ2) is 10.3. The van der Waals surface area contributed by atoms with Crippen molar-refractivity contribution in [3.8, 4) is 17.2 Å². The normalized spacial score (nSPS) is 18.9. The Kier molecular flexibility index (Phi) is 6.52. The molecule has 7 rings (SSSR count). The van der Waals surface area contributed by atoms with Crippen molar-refractivity contribution in [2.75, 3.05) is 31.1 Å². The summed E-state index contributed by atoms with van der Waals surface area (Å²) in [6.45, 7) is 7.29. The molecule has 2 unspecified atom stereocenters. The average molecular weight is 585 g/mol. The molecule has 1 N–H and O–H groups in total. The van der Waals surface area contributed by atoms with Crippen molar-refractivity contribution in [1.82, 2.24) is 14.8 Å². The molecule has 3 aliphatic heterocycles. The molecule has 3 aromatic carbocycles. The van der Waals surface area contributed by atoms with Crippen molar-refractivity contribution in [2.24, 2.45) is 5.92 Å². The van der Waals surface area contributed by atoms with Gasteiger partial charge in [0.05, 0.1) is 23.2 Å². The van der Waals surface area contributed by atoms with Crippen molar-refractivity contribution >= 4 is 39.4 Å². The number of pyridine rings is 1. The Morgan fingerprint density at radius 2 is 1.91 bits per heavy atom. The number of piperidine rings is 1. The first kappa shape index (κ1) is 27.2. The van der Waals surface area contributed by atoms with Crippen molar-refractivity contribution in [3.63, 3.8) is 0 Å². The summed E-state index contributed by atoms with van der Waals surface area (Å²) in [5.41, 5.74) is 0.673. The second-order valence-corrected chi connectivity index (χ2v) is 11.8. The summed E-state index contributed by atoms with van der Waals surface area (Å²) in [6.07, 6.45) is 2.70. The minimum atomic E-state index is -0.613. The molecule has 0 bridgehead atoms. The van der Waals surface area contributed by atoms with E-state index >= 15 is 4.39 Å². The van der Waals surface area contributed by atoms with E-state index in [1.165, 1.54) is 12.3 Å². The fraction of sp³-hybridized carbons (Fsp3) is 0.364. The molecule has 0 saturated carbocycles. The number of benzene rings is 3. The van der Waals surface area contributed by atoms with Gasteiger partial charge in [0.15, 0.2) is 17.3 Å². The lowest BCUT2D eigenvalue weighted by molar-refractivity contribution is 0.0474. The molecule has 2 fully saturated rings. The van der Waals surface area contributed by atoms with Crippen LogP contribution in [0.5, 0.6) is 11.5 Å². The molecule has 2 saturated heterocycles. The first-order valence-electron chi connectivity index (χ1n) is 14.9. The summed E-state index contributed by atoms with van der Waals surface area (Å²) in [5, 5.41) is 4.67. The van der Waals surface area contributed by atoms with Crippen molar-refractivity contribution in [3.05, 3.63) is 70.3 Å². The number of anilines is 1. The number of likely N-dealkylation sites (tertiary alicyclic amines) is 1. The van der Waals surface area contributed by atoms with Crippen LogP contribution in [0.1, 0.15) is 44.0 Å². The molecular formula is C33H33FN4O5. The monoisotopic (exact) mass is 584 g/mol. The highest BCUT2D eigenvalue weighted by Crippen LogP contribution is 2.49. The van der Waals surface area contributed by atoms with Crippen LogP contribution in [-0.4, -0.2) is 59.8 Å². The summed E-state index contributed by atoms with van der Waals surface area (Å²) in [6, 6.07) is 12.8. The Morgan fingerprint density at radius 1 is 1.14 bits per heavy atom. The molecule has 3 aliphatic rings. The van der Waals surface area contributed by atoms with Crippen LogP contribution in [0.25, 0.3) is 27.4 Å². The lowest BCUT2D eigenvalue weighted by Crippen LogP contribution is -2.49. The van der Waals surface area contributed by atoms with E-state index in [1.807, 2.05) is 55.1 Å². The minimum Gasteiger partial charge on any atom is -0.451 e. The van der Waals surface area contributed by atoms with Gasteiger partial charge in [-0.25, -0.2) is 9.18 Å². The third-order valence-corrected chi connectivity index (χ3v) is 8.72. The van der Waals surface area contributed by atoms with Gasteiger partial charge >= 0.3 is 6.09 Å². The van der Waals surface area contributed by atoms with Crippen LogP contribution in [0.15, 0.2) is 53.5 Å². The molecule has 2 atom stereocenters. The third-order valence-electron chi connectivity index (χ3n) is 8.72. The number of rotatable bonds is 4. The molecule has 0 spiro atoms. The Bertz CT molecular complexity index is 1870. The summed E-state index contributed by atoms with van der Waals surface area (Å²) < 4.78 is 30.1. The number of carbonyl (C=O) groups is 2. The van der Waals surface area contributed by atoms with Crippen LogP contribution in [-0.2, 0) is 4.74 Å². The first-order valence-corrected chi connectivity index (χ1v) is 14.9. The average Bonchev–Trinajstić information content (AvgIpc) is 3.41. The zero-order valence-electron chi connectivity index (χ0n) is 24.4. The smallest absolute Gasteiger partial charge is 0.410 e. The Morgan fingerprint density at radius 3 is 2.65 bits per heavy atom. The molecule has 2 amide bonds. The predicted octanol–water partition coefficient (Wildman–Crippen LogP) is 5.58. The second-order valence-electron chi connectivity index (χ2n) is 11.8. The molecule has 4 aromatic rings. The number of nitrogens with one attached hydrogen (secondary N) is 1. The van der Waals surface area contributed by atoms with E-state index in [4.69, 9.17) is 9.47 Å². The Hall–Kier alpha value is -4.60. The number of hydrogen-bond acceptors (Lipinski definition) is 6.